The third-order valence-electron chi connectivity index (χ3n) is 17.1. The van der Waals surface area contributed by atoms with Crippen LogP contribution in [-0.2, 0) is 65.4 Å². The maximum Gasteiger partial charge on any atom is 0.472 e. The summed E-state index contributed by atoms with van der Waals surface area (Å²) in [6, 6.07) is 0. The average molecular weight is 1480 g/mol. The van der Waals surface area contributed by atoms with Crippen LogP contribution in [0.2, 0.25) is 0 Å². The highest BCUT2D eigenvalue weighted by molar-refractivity contribution is 7.47. The van der Waals surface area contributed by atoms with Crippen LogP contribution in [0.25, 0.3) is 0 Å². The molecule has 102 heavy (non-hydrogen) atoms. The van der Waals surface area contributed by atoms with Crippen molar-refractivity contribution in [3.8, 4) is 0 Å². The molecule has 0 fully saturated rings. The summed E-state index contributed by atoms with van der Waals surface area (Å²) in [5.41, 5.74) is 0. The van der Waals surface area contributed by atoms with Gasteiger partial charge in [-0.05, 0) is 103 Å². The van der Waals surface area contributed by atoms with Gasteiger partial charge in [0.25, 0.3) is 0 Å². The Hall–Kier alpha value is -4.02. The van der Waals surface area contributed by atoms with Gasteiger partial charge in [-0.1, -0.05) is 318 Å². The zero-order valence-corrected chi connectivity index (χ0v) is 66.3. The smallest absolute Gasteiger partial charge is 0.462 e. The minimum Gasteiger partial charge on any atom is -0.462 e. The van der Waals surface area contributed by atoms with Gasteiger partial charge in [-0.15, -0.1) is 0 Å². The van der Waals surface area contributed by atoms with Crippen LogP contribution < -0.4 is 0 Å². The van der Waals surface area contributed by atoms with Gasteiger partial charge in [0, 0.05) is 25.7 Å². The Morgan fingerprint density at radius 3 is 0.784 bits per heavy atom. The Morgan fingerprint density at radius 2 is 0.510 bits per heavy atom. The van der Waals surface area contributed by atoms with Crippen LogP contribution in [0.3, 0.4) is 0 Å². The topological polar surface area (TPSA) is 237 Å². The fourth-order valence-corrected chi connectivity index (χ4v) is 12.5. The van der Waals surface area contributed by atoms with E-state index in [4.69, 9.17) is 37.0 Å². The second kappa shape index (κ2) is 75.2. The molecule has 0 aromatic rings. The van der Waals surface area contributed by atoms with Crippen molar-refractivity contribution in [2.45, 2.75) is 367 Å². The first-order chi connectivity index (χ1) is 49.7. The molecule has 0 amide bonds. The molecule has 5 unspecified atom stereocenters. The minimum absolute atomic E-state index is 0.0924. The van der Waals surface area contributed by atoms with E-state index in [0.29, 0.717) is 25.7 Å². The molecule has 0 bridgehead atoms. The van der Waals surface area contributed by atoms with Gasteiger partial charge in [0.15, 0.2) is 12.2 Å². The Kier molecular flexibility index (Phi) is 72.3. The van der Waals surface area contributed by atoms with Gasteiger partial charge in [0.2, 0.25) is 0 Å². The van der Waals surface area contributed by atoms with Gasteiger partial charge in [0.1, 0.15) is 19.3 Å². The minimum atomic E-state index is -4.98. The molecule has 0 heterocycles. The van der Waals surface area contributed by atoms with Crippen LogP contribution >= 0.6 is 15.6 Å². The fourth-order valence-electron chi connectivity index (χ4n) is 11.0. The zero-order valence-electron chi connectivity index (χ0n) is 64.5. The fraction of sp³-hybridized carbons (Fsp3) is 0.759. The lowest BCUT2D eigenvalue weighted by molar-refractivity contribution is -0.161. The molecule has 0 rings (SSSR count). The molecule has 0 aromatic carbocycles. The van der Waals surface area contributed by atoms with Crippen molar-refractivity contribution in [3.63, 3.8) is 0 Å². The number of esters is 4. The highest BCUT2D eigenvalue weighted by atomic mass is 31.2. The van der Waals surface area contributed by atoms with Crippen molar-refractivity contribution in [1.82, 2.24) is 0 Å². The molecule has 0 radical (unpaired) electrons. The number of allylic oxidation sites excluding steroid dienone is 16. The first kappa shape index (κ1) is 98.0. The molecule has 0 saturated heterocycles. The zero-order chi connectivity index (χ0) is 74.6. The monoisotopic (exact) mass is 1480 g/mol. The van der Waals surface area contributed by atoms with Crippen molar-refractivity contribution in [3.05, 3.63) is 97.2 Å². The second-order valence-electron chi connectivity index (χ2n) is 27.0. The SMILES string of the molecule is CC/C=C\C/C=C\C/C=C\C/C=C\CCCCCCC(=O)OCC(COP(=O)(O)OCC(O)COP(=O)(O)OCC(COC(=O)CCCCCC/C=C\C/C=C\C/C=C\C/C=C\CC)OC(=O)CCCCCCCCCCCCCCCCC)OC(=O)CCCCCCCCCCCCCCC. The van der Waals surface area contributed by atoms with E-state index >= 15 is 0 Å². The van der Waals surface area contributed by atoms with Crippen molar-refractivity contribution < 1.29 is 80.2 Å². The normalized spacial score (nSPS) is 14.4. The van der Waals surface area contributed by atoms with Crippen LogP contribution in [0.1, 0.15) is 349 Å². The van der Waals surface area contributed by atoms with E-state index < -0.39 is 97.5 Å². The molecule has 19 heteroatoms. The van der Waals surface area contributed by atoms with Crippen molar-refractivity contribution in [2.75, 3.05) is 39.6 Å². The van der Waals surface area contributed by atoms with Gasteiger partial charge < -0.3 is 33.8 Å². The number of carbonyl (C=O) groups excluding carboxylic acids is 4. The highest BCUT2D eigenvalue weighted by Gasteiger charge is 2.30. The molecule has 0 spiro atoms. The number of carbonyl (C=O) groups is 4. The summed E-state index contributed by atoms with van der Waals surface area (Å²) in [6.45, 7) is 4.65. The number of aliphatic hydroxyl groups excluding tert-OH is 1. The van der Waals surface area contributed by atoms with Gasteiger partial charge in [-0.25, -0.2) is 9.13 Å². The Balaban J connectivity index is 5.37. The quantitative estimate of drug-likeness (QED) is 0.0169. The number of hydrogen-bond donors (Lipinski definition) is 3. The van der Waals surface area contributed by atoms with Crippen LogP contribution in [-0.4, -0.2) is 96.7 Å². The predicted molar refractivity (Wildman–Crippen MR) is 418 cm³/mol. The molecule has 0 aliphatic heterocycles. The number of phosphoric ester groups is 2. The van der Waals surface area contributed by atoms with E-state index in [9.17, 15) is 43.2 Å². The molecule has 0 aliphatic carbocycles. The van der Waals surface area contributed by atoms with E-state index in [1.807, 2.05) is 0 Å². The predicted octanol–water partition coefficient (Wildman–Crippen LogP) is 23.6. The molecule has 590 valence electrons. The Bertz CT molecular complexity index is 2310. The van der Waals surface area contributed by atoms with Gasteiger partial charge in [-0.2, -0.15) is 0 Å². The number of rotatable bonds is 76. The lowest BCUT2D eigenvalue weighted by Gasteiger charge is -2.21. The second-order valence-corrected chi connectivity index (χ2v) is 29.9. The number of hydrogen-bond acceptors (Lipinski definition) is 15. The number of phosphoric acid groups is 2. The maximum absolute atomic E-state index is 13.1. The molecule has 0 aromatic heterocycles. The summed E-state index contributed by atoms with van der Waals surface area (Å²) < 4.78 is 68.6. The molecule has 3 N–H and O–H groups in total. The van der Waals surface area contributed by atoms with E-state index in [0.717, 1.165) is 154 Å². The summed E-state index contributed by atoms with van der Waals surface area (Å²) in [5, 5.41) is 10.6. The van der Waals surface area contributed by atoms with Crippen LogP contribution in [0, 0.1) is 0 Å². The standard InChI is InChI=1S/C83H146O17P2/c1-5-9-13-17-21-25-29-33-36-38-41-44-47-51-55-59-63-67-80(85)93-73-78(99-82(87)69-65-61-57-53-49-43-32-28-24-20-16-12-8-4)75-97-101(89,90)95-71-77(84)72-96-102(91,92)98-76-79(100-83(88)70-66-62-58-54-50-46-40-35-31-27-23-19-15-11-7-3)74-94-81(86)68-64-60-56-52-48-45-42-39-37-34-30-26-22-18-14-10-6-2/h9-10,13-14,21-22,25-26,33-34,36-37,41-42,44-45,77-79,84H,5-8,11-12,15-20,23-24,27-32,35,38-40,43,46-76H2,1-4H3,(H,89,90)(H,91,92)/b13-9-,14-10-,25-21-,26-22-,36-33-,37-34-,44-41-,45-42-. The van der Waals surface area contributed by atoms with E-state index in [1.165, 1.54) is 116 Å². The summed E-state index contributed by atoms with van der Waals surface area (Å²) in [5.74, 6) is -2.20. The Labute approximate surface area is 620 Å². The van der Waals surface area contributed by atoms with E-state index in [1.54, 1.807) is 0 Å². The first-order valence-corrected chi connectivity index (χ1v) is 43.5. The lowest BCUT2D eigenvalue weighted by atomic mass is 10.0. The third kappa shape index (κ3) is 74.3. The van der Waals surface area contributed by atoms with Gasteiger partial charge >= 0.3 is 39.5 Å². The summed E-state index contributed by atoms with van der Waals surface area (Å²) >= 11 is 0. The third-order valence-corrected chi connectivity index (χ3v) is 19.0. The molecule has 17 nitrogen and oxygen atoms in total. The van der Waals surface area contributed by atoms with Crippen molar-refractivity contribution >= 4 is 39.5 Å². The summed E-state index contributed by atoms with van der Waals surface area (Å²) in [6.07, 6.45) is 79.5. The molecule has 0 saturated carbocycles. The molecule has 5 atom stereocenters. The van der Waals surface area contributed by atoms with Crippen LogP contribution in [0.4, 0.5) is 0 Å². The summed E-state index contributed by atoms with van der Waals surface area (Å²) in [7, 11) is -9.96. The lowest BCUT2D eigenvalue weighted by Crippen LogP contribution is -2.30. The first-order valence-electron chi connectivity index (χ1n) is 40.5. The highest BCUT2D eigenvalue weighted by Crippen LogP contribution is 2.45. The van der Waals surface area contributed by atoms with Crippen LogP contribution in [0.15, 0.2) is 97.2 Å². The van der Waals surface area contributed by atoms with Gasteiger partial charge in [-0.3, -0.25) is 37.3 Å². The molecular formula is C83H146O17P2. The maximum atomic E-state index is 13.1. The van der Waals surface area contributed by atoms with Crippen molar-refractivity contribution in [1.29, 1.82) is 0 Å². The van der Waals surface area contributed by atoms with Gasteiger partial charge in [0.05, 0.1) is 26.4 Å². The largest absolute Gasteiger partial charge is 0.472 e. The van der Waals surface area contributed by atoms with Crippen LogP contribution in [0.5, 0.6) is 0 Å². The average Bonchev–Trinajstić information content (AvgIpc) is 0.908. The number of ether oxygens (including phenoxy) is 4. The van der Waals surface area contributed by atoms with Crippen molar-refractivity contribution in [2.24, 2.45) is 0 Å². The summed E-state index contributed by atoms with van der Waals surface area (Å²) in [4.78, 5) is 73.0. The van der Waals surface area contributed by atoms with E-state index in [2.05, 4.69) is 125 Å². The molecular weight excluding hydrogens is 1330 g/mol. The van der Waals surface area contributed by atoms with E-state index in [-0.39, 0.29) is 25.7 Å². The number of aliphatic hydroxyl groups is 1. The Morgan fingerprint density at radius 1 is 0.284 bits per heavy atom. The number of unbranched alkanes of at least 4 members (excludes halogenated alkanes) is 34. The molecule has 0 aliphatic rings.